The molecule has 0 fully saturated rings. The van der Waals surface area contributed by atoms with E-state index in [9.17, 15) is 0 Å². The number of rotatable bonds is 4. The van der Waals surface area contributed by atoms with E-state index >= 15 is 0 Å². The standard InChI is InChI=1S/C10H14N6/c1-8-7-9(2)14-10(13-8)11-3-5-16-6-4-12-15-16/h4,6-7H,3,5H2,1-2H3,(H,11,13,14). The summed E-state index contributed by atoms with van der Waals surface area (Å²) in [6.45, 7) is 5.39. The van der Waals surface area contributed by atoms with Crippen LogP contribution in [0.5, 0.6) is 0 Å². The van der Waals surface area contributed by atoms with Crippen molar-refractivity contribution in [3.8, 4) is 0 Å². The van der Waals surface area contributed by atoms with Gasteiger partial charge in [-0.3, -0.25) is 4.68 Å². The van der Waals surface area contributed by atoms with Gasteiger partial charge in [0, 0.05) is 24.1 Å². The first kappa shape index (κ1) is 10.5. The van der Waals surface area contributed by atoms with Gasteiger partial charge in [-0.2, -0.15) is 0 Å². The second kappa shape index (κ2) is 4.69. The van der Waals surface area contributed by atoms with Crippen molar-refractivity contribution in [3.05, 3.63) is 29.8 Å². The lowest BCUT2D eigenvalue weighted by Gasteiger charge is -2.06. The molecule has 0 radical (unpaired) electrons. The molecule has 16 heavy (non-hydrogen) atoms. The Morgan fingerprint density at radius 2 is 2.00 bits per heavy atom. The Kier molecular flexibility index (Phi) is 3.09. The minimum atomic E-state index is 0.664. The van der Waals surface area contributed by atoms with Crippen LogP contribution in [0.15, 0.2) is 18.5 Å². The predicted molar refractivity (Wildman–Crippen MR) is 60.0 cm³/mol. The van der Waals surface area contributed by atoms with E-state index in [-0.39, 0.29) is 0 Å². The van der Waals surface area contributed by atoms with Crippen molar-refractivity contribution < 1.29 is 0 Å². The molecule has 6 heteroatoms. The van der Waals surface area contributed by atoms with Gasteiger partial charge in [0.1, 0.15) is 0 Å². The minimum absolute atomic E-state index is 0.664. The number of aryl methyl sites for hydroxylation is 2. The molecule has 2 rings (SSSR count). The van der Waals surface area contributed by atoms with Gasteiger partial charge >= 0.3 is 0 Å². The molecule has 0 aromatic carbocycles. The van der Waals surface area contributed by atoms with E-state index in [2.05, 4.69) is 25.6 Å². The fourth-order valence-corrected chi connectivity index (χ4v) is 1.44. The highest BCUT2D eigenvalue weighted by Gasteiger charge is 1.98. The third-order valence-corrected chi connectivity index (χ3v) is 2.08. The minimum Gasteiger partial charge on any atom is -0.352 e. The van der Waals surface area contributed by atoms with Gasteiger partial charge in [-0.05, 0) is 19.9 Å². The Morgan fingerprint density at radius 3 is 2.62 bits per heavy atom. The average molecular weight is 218 g/mol. The number of nitrogens with zero attached hydrogens (tertiary/aromatic N) is 5. The van der Waals surface area contributed by atoms with E-state index < -0.39 is 0 Å². The molecule has 0 aliphatic carbocycles. The molecule has 0 unspecified atom stereocenters. The molecule has 0 bridgehead atoms. The maximum atomic E-state index is 4.29. The maximum Gasteiger partial charge on any atom is 0.223 e. The zero-order valence-corrected chi connectivity index (χ0v) is 9.38. The Hall–Kier alpha value is -1.98. The molecular weight excluding hydrogens is 204 g/mol. The smallest absolute Gasteiger partial charge is 0.223 e. The van der Waals surface area contributed by atoms with Crippen LogP contribution in [0.1, 0.15) is 11.4 Å². The van der Waals surface area contributed by atoms with Gasteiger partial charge in [0.15, 0.2) is 0 Å². The zero-order valence-electron chi connectivity index (χ0n) is 9.38. The van der Waals surface area contributed by atoms with E-state index in [1.54, 1.807) is 10.9 Å². The number of nitrogens with one attached hydrogen (secondary N) is 1. The molecule has 1 N–H and O–H groups in total. The van der Waals surface area contributed by atoms with Crippen molar-refractivity contribution in [3.63, 3.8) is 0 Å². The number of hydrogen-bond donors (Lipinski definition) is 1. The number of aromatic nitrogens is 5. The van der Waals surface area contributed by atoms with Gasteiger partial charge in [-0.25, -0.2) is 9.97 Å². The van der Waals surface area contributed by atoms with Crippen LogP contribution in [0.2, 0.25) is 0 Å². The van der Waals surface area contributed by atoms with E-state index in [0.29, 0.717) is 5.95 Å². The largest absolute Gasteiger partial charge is 0.352 e. The summed E-state index contributed by atoms with van der Waals surface area (Å²) in [5.74, 6) is 0.664. The second-order valence-corrected chi connectivity index (χ2v) is 3.57. The molecule has 6 nitrogen and oxygen atoms in total. The van der Waals surface area contributed by atoms with Gasteiger partial charge < -0.3 is 5.32 Å². The number of anilines is 1. The Labute approximate surface area is 93.7 Å². The maximum absolute atomic E-state index is 4.29. The van der Waals surface area contributed by atoms with Crippen LogP contribution >= 0.6 is 0 Å². The molecule has 2 aromatic heterocycles. The summed E-state index contributed by atoms with van der Waals surface area (Å²) in [6, 6.07) is 1.95. The SMILES string of the molecule is Cc1cc(C)nc(NCCn2ccnn2)n1. The van der Waals surface area contributed by atoms with Crippen molar-refractivity contribution in [1.29, 1.82) is 0 Å². The number of hydrogen-bond acceptors (Lipinski definition) is 5. The zero-order chi connectivity index (χ0) is 11.4. The molecule has 0 aliphatic heterocycles. The summed E-state index contributed by atoms with van der Waals surface area (Å²) in [7, 11) is 0. The molecule has 2 heterocycles. The summed E-state index contributed by atoms with van der Waals surface area (Å²) < 4.78 is 1.76. The van der Waals surface area contributed by atoms with Gasteiger partial charge in [0.05, 0.1) is 12.7 Å². The van der Waals surface area contributed by atoms with Crippen molar-refractivity contribution >= 4 is 5.95 Å². The topological polar surface area (TPSA) is 68.5 Å². The third-order valence-electron chi connectivity index (χ3n) is 2.08. The van der Waals surface area contributed by atoms with Crippen molar-refractivity contribution in [2.75, 3.05) is 11.9 Å². The molecule has 2 aromatic rings. The average Bonchev–Trinajstić information content (AvgIpc) is 2.69. The van der Waals surface area contributed by atoms with Crippen LogP contribution in [0.25, 0.3) is 0 Å². The quantitative estimate of drug-likeness (QED) is 0.822. The van der Waals surface area contributed by atoms with Crippen molar-refractivity contribution in [2.24, 2.45) is 0 Å². The highest BCUT2D eigenvalue weighted by atomic mass is 15.4. The van der Waals surface area contributed by atoms with Gasteiger partial charge in [0.2, 0.25) is 5.95 Å². The molecule has 0 atom stereocenters. The van der Waals surface area contributed by atoms with Crippen molar-refractivity contribution in [2.45, 2.75) is 20.4 Å². The monoisotopic (exact) mass is 218 g/mol. The first-order chi connectivity index (χ1) is 7.74. The third kappa shape index (κ3) is 2.75. The van der Waals surface area contributed by atoms with Crippen LogP contribution in [0.4, 0.5) is 5.95 Å². The highest BCUT2D eigenvalue weighted by Crippen LogP contribution is 2.02. The Balaban J connectivity index is 1.89. The summed E-state index contributed by atoms with van der Waals surface area (Å²) >= 11 is 0. The van der Waals surface area contributed by atoms with E-state index in [4.69, 9.17) is 0 Å². The molecule has 0 saturated carbocycles. The summed E-state index contributed by atoms with van der Waals surface area (Å²) in [6.07, 6.45) is 3.48. The lowest BCUT2D eigenvalue weighted by molar-refractivity contribution is 0.607. The predicted octanol–water partition coefficient (Wildman–Crippen LogP) is 0.797. The van der Waals surface area contributed by atoms with Gasteiger partial charge in [0.25, 0.3) is 0 Å². The summed E-state index contributed by atoms with van der Waals surface area (Å²) in [5.41, 5.74) is 1.94. The molecule has 0 aliphatic rings. The molecule has 0 amide bonds. The van der Waals surface area contributed by atoms with Crippen LogP contribution in [0, 0.1) is 13.8 Å². The van der Waals surface area contributed by atoms with Crippen LogP contribution in [-0.4, -0.2) is 31.5 Å². The molecule has 0 saturated heterocycles. The first-order valence-corrected chi connectivity index (χ1v) is 5.14. The highest BCUT2D eigenvalue weighted by molar-refractivity contribution is 5.27. The molecular formula is C10H14N6. The summed E-state index contributed by atoms with van der Waals surface area (Å²) in [5, 5.41) is 10.8. The van der Waals surface area contributed by atoms with Gasteiger partial charge in [-0.15, -0.1) is 5.10 Å². The van der Waals surface area contributed by atoms with Crippen LogP contribution in [0.3, 0.4) is 0 Å². The van der Waals surface area contributed by atoms with Crippen LogP contribution < -0.4 is 5.32 Å². The Morgan fingerprint density at radius 1 is 1.25 bits per heavy atom. The Bertz CT molecular complexity index is 430. The van der Waals surface area contributed by atoms with Gasteiger partial charge in [-0.1, -0.05) is 5.21 Å². The lowest BCUT2D eigenvalue weighted by Crippen LogP contribution is -2.13. The summed E-state index contributed by atoms with van der Waals surface area (Å²) in [4.78, 5) is 8.57. The first-order valence-electron chi connectivity index (χ1n) is 5.14. The second-order valence-electron chi connectivity index (χ2n) is 3.57. The normalized spacial score (nSPS) is 10.4. The fraction of sp³-hybridized carbons (Fsp3) is 0.400. The van der Waals surface area contributed by atoms with E-state index in [1.807, 2.05) is 26.1 Å². The van der Waals surface area contributed by atoms with E-state index in [0.717, 1.165) is 24.5 Å². The molecule has 0 spiro atoms. The van der Waals surface area contributed by atoms with Crippen molar-refractivity contribution in [1.82, 2.24) is 25.0 Å². The molecule has 84 valence electrons. The lowest BCUT2D eigenvalue weighted by atomic mass is 10.4. The fourth-order valence-electron chi connectivity index (χ4n) is 1.44. The van der Waals surface area contributed by atoms with Crippen LogP contribution in [-0.2, 0) is 6.54 Å². The van der Waals surface area contributed by atoms with E-state index in [1.165, 1.54) is 0 Å².